The molecule has 1 atom stereocenters. The molecular formula is C14H16ClNO4S. The lowest BCUT2D eigenvalue weighted by molar-refractivity contribution is 0.0696. The van der Waals surface area contributed by atoms with Crippen LogP contribution >= 0.6 is 11.6 Å². The molecule has 114 valence electrons. The minimum atomic E-state index is -3.82. The summed E-state index contributed by atoms with van der Waals surface area (Å²) in [4.78, 5) is 10.7. The van der Waals surface area contributed by atoms with Crippen molar-refractivity contribution >= 4 is 27.6 Å². The van der Waals surface area contributed by atoms with Crippen molar-refractivity contribution in [3.63, 3.8) is 0 Å². The molecule has 0 saturated carbocycles. The molecule has 0 aliphatic heterocycles. The normalized spacial score (nSPS) is 18.6. The molecule has 0 radical (unpaired) electrons. The van der Waals surface area contributed by atoms with Crippen LogP contribution in [0.15, 0.2) is 35.2 Å². The number of halogens is 1. The fourth-order valence-corrected chi connectivity index (χ4v) is 3.83. The summed E-state index contributed by atoms with van der Waals surface area (Å²) < 4.78 is 27.0. The van der Waals surface area contributed by atoms with E-state index in [1.54, 1.807) is 0 Å². The van der Waals surface area contributed by atoms with Crippen molar-refractivity contribution in [3.05, 3.63) is 40.9 Å². The van der Waals surface area contributed by atoms with Gasteiger partial charge >= 0.3 is 5.97 Å². The Balaban J connectivity index is 2.16. The fourth-order valence-electron chi connectivity index (χ4n) is 2.19. The maximum absolute atomic E-state index is 12.3. The summed E-state index contributed by atoms with van der Waals surface area (Å²) in [7, 11) is -3.82. The molecule has 2 N–H and O–H groups in total. The predicted molar refractivity (Wildman–Crippen MR) is 80.1 cm³/mol. The Bertz CT molecular complexity index is 670. The number of rotatable bonds is 5. The van der Waals surface area contributed by atoms with E-state index in [-0.39, 0.29) is 21.4 Å². The predicted octanol–water partition coefficient (Wildman–Crippen LogP) is 2.67. The molecule has 1 unspecified atom stereocenters. The zero-order chi connectivity index (χ0) is 15.5. The molecule has 21 heavy (non-hydrogen) atoms. The van der Waals surface area contributed by atoms with Crippen molar-refractivity contribution in [2.45, 2.75) is 24.2 Å². The summed E-state index contributed by atoms with van der Waals surface area (Å²) in [6.07, 6.45) is 6.84. The fraction of sp³-hybridized carbons (Fsp3) is 0.357. The lowest BCUT2D eigenvalue weighted by atomic mass is 9.95. The van der Waals surface area contributed by atoms with Gasteiger partial charge in [0, 0.05) is 6.54 Å². The first kappa shape index (κ1) is 16.0. The average molecular weight is 330 g/mol. The molecule has 1 aromatic carbocycles. The van der Waals surface area contributed by atoms with Gasteiger partial charge in [0.05, 0.1) is 10.6 Å². The number of hydrogen-bond donors (Lipinski definition) is 2. The number of hydrogen-bond acceptors (Lipinski definition) is 3. The largest absolute Gasteiger partial charge is 0.478 e. The molecular weight excluding hydrogens is 314 g/mol. The summed E-state index contributed by atoms with van der Waals surface area (Å²) >= 11 is 5.88. The summed E-state index contributed by atoms with van der Waals surface area (Å²) in [5, 5.41) is 8.94. The van der Waals surface area contributed by atoms with E-state index in [9.17, 15) is 13.2 Å². The van der Waals surface area contributed by atoms with Crippen molar-refractivity contribution in [3.8, 4) is 0 Å². The van der Waals surface area contributed by atoms with Crippen molar-refractivity contribution in [2.75, 3.05) is 6.54 Å². The topological polar surface area (TPSA) is 83.5 Å². The summed E-state index contributed by atoms with van der Waals surface area (Å²) in [6, 6.07) is 3.63. The standard InChI is InChI=1S/C14H16ClNO4S/c15-12-7-6-11(14(17)18)8-13(12)21(19,20)16-9-10-4-2-1-3-5-10/h1-2,6-8,10,16H,3-5,9H2,(H,17,18). The van der Waals surface area contributed by atoms with Gasteiger partial charge in [0.15, 0.2) is 0 Å². The number of benzene rings is 1. The van der Waals surface area contributed by atoms with Gasteiger partial charge in [-0.2, -0.15) is 0 Å². The van der Waals surface area contributed by atoms with Gasteiger partial charge in [-0.15, -0.1) is 0 Å². The summed E-state index contributed by atoms with van der Waals surface area (Å²) in [6.45, 7) is 0.320. The van der Waals surface area contributed by atoms with Crippen LogP contribution in [0.2, 0.25) is 5.02 Å². The van der Waals surface area contributed by atoms with E-state index < -0.39 is 16.0 Å². The molecule has 2 rings (SSSR count). The molecule has 0 aromatic heterocycles. The highest BCUT2D eigenvalue weighted by Gasteiger charge is 2.21. The molecule has 7 heteroatoms. The van der Waals surface area contributed by atoms with Gasteiger partial charge in [-0.25, -0.2) is 17.9 Å². The zero-order valence-electron chi connectivity index (χ0n) is 11.3. The highest BCUT2D eigenvalue weighted by molar-refractivity contribution is 7.89. The highest BCUT2D eigenvalue weighted by Crippen LogP contribution is 2.24. The molecule has 1 aliphatic rings. The van der Waals surface area contributed by atoms with Gasteiger partial charge in [0.25, 0.3) is 0 Å². The first-order chi connectivity index (χ1) is 9.90. The molecule has 1 aliphatic carbocycles. The van der Waals surface area contributed by atoms with Gasteiger partial charge in [-0.3, -0.25) is 0 Å². The Hall–Kier alpha value is -1.37. The number of allylic oxidation sites excluding steroid dienone is 2. The lowest BCUT2D eigenvalue weighted by Crippen LogP contribution is -2.30. The van der Waals surface area contributed by atoms with Crippen LogP contribution in [0.25, 0.3) is 0 Å². The van der Waals surface area contributed by atoms with Gasteiger partial charge in [-0.1, -0.05) is 23.8 Å². The Morgan fingerprint density at radius 3 is 2.76 bits per heavy atom. The smallest absolute Gasteiger partial charge is 0.335 e. The monoisotopic (exact) mass is 329 g/mol. The Labute approximate surface area is 128 Å². The van der Waals surface area contributed by atoms with E-state index in [0.717, 1.165) is 25.3 Å². The van der Waals surface area contributed by atoms with Crippen LogP contribution < -0.4 is 4.72 Å². The van der Waals surface area contributed by atoms with Crippen LogP contribution in [-0.2, 0) is 10.0 Å². The van der Waals surface area contributed by atoms with Gasteiger partial charge < -0.3 is 5.11 Å². The van der Waals surface area contributed by atoms with E-state index >= 15 is 0 Å². The minimum absolute atomic E-state index is 0.0102. The second-order valence-electron chi connectivity index (χ2n) is 4.95. The van der Waals surface area contributed by atoms with Crippen LogP contribution in [0.1, 0.15) is 29.6 Å². The van der Waals surface area contributed by atoms with E-state index in [0.29, 0.717) is 6.54 Å². The maximum Gasteiger partial charge on any atom is 0.335 e. The van der Waals surface area contributed by atoms with Crippen molar-refractivity contribution in [1.29, 1.82) is 0 Å². The van der Waals surface area contributed by atoms with Crippen LogP contribution in [0, 0.1) is 5.92 Å². The SMILES string of the molecule is O=C(O)c1ccc(Cl)c(S(=O)(=O)NCC2CC=CCC2)c1. The van der Waals surface area contributed by atoms with Gasteiger partial charge in [0.1, 0.15) is 4.90 Å². The number of nitrogens with one attached hydrogen (secondary N) is 1. The minimum Gasteiger partial charge on any atom is -0.478 e. The third kappa shape index (κ3) is 4.06. The second-order valence-corrected chi connectivity index (χ2v) is 7.10. The van der Waals surface area contributed by atoms with Gasteiger partial charge in [-0.05, 0) is 43.4 Å². The number of sulfonamides is 1. The van der Waals surface area contributed by atoms with Crippen molar-refractivity contribution < 1.29 is 18.3 Å². The maximum atomic E-state index is 12.3. The van der Waals surface area contributed by atoms with Crippen molar-refractivity contribution in [2.24, 2.45) is 5.92 Å². The van der Waals surface area contributed by atoms with Crippen molar-refractivity contribution in [1.82, 2.24) is 4.72 Å². The van der Waals surface area contributed by atoms with Crippen LogP contribution in [0.5, 0.6) is 0 Å². The molecule has 0 heterocycles. The van der Waals surface area contributed by atoms with Crippen LogP contribution in [0.4, 0.5) is 0 Å². The Kier molecular flexibility index (Phi) is 5.03. The number of aromatic carboxylic acids is 1. The second kappa shape index (κ2) is 6.60. The lowest BCUT2D eigenvalue weighted by Gasteiger charge is -2.18. The molecule has 0 saturated heterocycles. The first-order valence-electron chi connectivity index (χ1n) is 6.57. The Morgan fingerprint density at radius 2 is 2.14 bits per heavy atom. The van der Waals surface area contributed by atoms with Crippen LogP contribution in [0.3, 0.4) is 0 Å². The zero-order valence-corrected chi connectivity index (χ0v) is 12.8. The quantitative estimate of drug-likeness (QED) is 0.813. The third-order valence-electron chi connectivity index (χ3n) is 3.41. The summed E-state index contributed by atoms with van der Waals surface area (Å²) in [5.41, 5.74) is -0.111. The highest BCUT2D eigenvalue weighted by atomic mass is 35.5. The Morgan fingerprint density at radius 1 is 1.38 bits per heavy atom. The average Bonchev–Trinajstić information content (AvgIpc) is 2.46. The molecule has 0 bridgehead atoms. The van der Waals surface area contributed by atoms with Crippen LogP contribution in [-0.4, -0.2) is 26.0 Å². The molecule has 0 spiro atoms. The van der Waals surface area contributed by atoms with E-state index in [4.69, 9.17) is 16.7 Å². The van der Waals surface area contributed by atoms with E-state index in [1.165, 1.54) is 12.1 Å². The molecule has 5 nitrogen and oxygen atoms in total. The third-order valence-corrected chi connectivity index (χ3v) is 5.31. The number of carboxylic acid groups (broad SMARTS) is 1. The first-order valence-corrected chi connectivity index (χ1v) is 8.44. The number of carbonyl (C=O) groups is 1. The van der Waals surface area contributed by atoms with Gasteiger partial charge in [0.2, 0.25) is 10.0 Å². The van der Waals surface area contributed by atoms with E-state index in [2.05, 4.69) is 10.8 Å². The van der Waals surface area contributed by atoms with E-state index in [1.807, 2.05) is 6.08 Å². The molecule has 1 aromatic rings. The number of carboxylic acids is 1. The molecule has 0 fully saturated rings. The molecule has 0 amide bonds. The summed E-state index contributed by atoms with van der Waals surface area (Å²) in [5.74, 6) is -0.938.